The van der Waals surface area contributed by atoms with Gasteiger partial charge in [0.05, 0.1) is 0 Å². The fourth-order valence-electron chi connectivity index (χ4n) is 1.36. The molecule has 0 saturated carbocycles. The van der Waals surface area contributed by atoms with Crippen LogP contribution in [0.1, 0.15) is 30.0 Å². The lowest BCUT2D eigenvalue weighted by atomic mass is 9.89. The van der Waals surface area contributed by atoms with Gasteiger partial charge in [0.2, 0.25) is 0 Å². The summed E-state index contributed by atoms with van der Waals surface area (Å²) >= 11 is 1.83. The summed E-state index contributed by atoms with van der Waals surface area (Å²) in [5.74, 6) is 0. The number of aryl methyl sites for hydroxylation is 1. The van der Waals surface area contributed by atoms with Crippen LogP contribution in [0.25, 0.3) is 0 Å². The number of aliphatic hydroxyl groups excluding tert-OH is 1. The van der Waals surface area contributed by atoms with Crippen LogP contribution in [0.2, 0.25) is 0 Å². The first-order valence-corrected chi connectivity index (χ1v) is 6.28. The maximum atomic E-state index is 9.25. The molecule has 15 heavy (non-hydrogen) atoms. The predicted molar refractivity (Wildman–Crippen MR) is 66.2 cm³/mol. The van der Waals surface area contributed by atoms with Gasteiger partial charge in [-0.15, -0.1) is 11.3 Å². The van der Waals surface area contributed by atoms with Crippen LogP contribution in [-0.2, 0) is 6.54 Å². The summed E-state index contributed by atoms with van der Waals surface area (Å²) in [4.78, 5) is 2.72. The summed E-state index contributed by atoms with van der Waals surface area (Å²) in [5.41, 5.74) is 0.0201. The summed E-state index contributed by atoms with van der Waals surface area (Å²) in [5, 5.41) is 12.7. The molecule has 0 saturated heterocycles. The van der Waals surface area contributed by atoms with E-state index in [-0.39, 0.29) is 12.0 Å². The molecule has 0 aliphatic rings. The summed E-state index contributed by atoms with van der Waals surface area (Å²) in [6.45, 7) is 8.38. The zero-order valence-corrected chi connectivity index (χ0v) is 10.7. The summed E-state index contributed by atoms with van der Waals surface area (Å²) < 4.78 is 0. The molecule has 0 bridgehead atoms. The van der Waals surface area contributed by atoms with Crippen LogP contribution in [-0.4, -0.2) is 18.3 Å². The van der Waals surface area contributed by atoms with Gasteiger partial charge in [0.1, 0.15) is 0 Å². The molecular formula is C12H21NOS. The van der Waals surface area contributed by atoms with Gasteiger partial charge >= 0.3 is 0 Å². The van der Waals surface area contributed by atoms with Crippen LogP contribution in [0.5, 0.6) is 0 Å². The molecule has 0 spiro atoms. The Kier molecular flexibility index (Phi) is 4.77. The van der Waals surface area contributed by atoms with E-state index in [0.29, 0.717) is 0 Å². The minimum atomic E-state index is 0.0201. The van der Waals surface area contributed by atoms with E-state index in [0.717, 1.165) is 19.5 Å². The SMILES string of the molecule is CCC(C)(CO)CNCc1ccc(C)s1. The van der Waals surface area contributed by atoms with Crippen molar-refractivity contribution in [3.8, 4) is 0 Å². The lowest BCUT2D eigenvalue weighted by molar-refractivity contribution is 0.135. The molecule has 86 valence electrons. The first kappa shape index (κ1) is 12.7. The van der Waals surface area contributed by atoms with Crippen molar-refractivity contribution < 1.29 is 5.11 Å². The molecule has 0 aliphatic heterocycles. The van der Waals surface area contributed by atoms with Crippen molar-refractivity contribution in [2.24, 2.45) is 5.41 Å². The van der Waals surface area contributed by atoms with Crippen LogP contribution in [0, 0.1) is 12.3 Å². The second-order valence-electron chi connectivity index (χ2n) is 4.44. The van der Waals surface area contributed by atoms with Crippen LogP contribution >= 0.6 is 11.3 Å². The number of aliphatic hydroxyl groups is 1. The normalized spacial score (nSPS) is 15.2. The van der Waals surface area contributed by atoms with Crippen molar-refractivity contribution in [1.82, 2.24) is 5.32 Å². The fraction of sp³-hybridized carbons (Fsp3) is 0.667. The minimum Gasteiger partial charge on any atom is -0.396 e. The Hall–Kier alpha value is -0.380. The Labute approximate surface area is 96.3 Å². The van der Waals surface area contributed by atoms with E-state index in [4.69, 9.17) is 0 Å². The molecule has 0 aromatic carbocycles. The van der Waals surface area contributed by atoms with E-state index < -0.39 is 0 Å². The van der Waals surface area contributed by atoms with E-state index in [1.165, 1.54) is 9.75 Å². The maximum absolute atomic E-state index is 9.25. The molecule has 0 radical (unpaired) electrons. The molecule has 0 fully saturated rings. The molecule has 1 atom stereocenters. The van der Waals surface area contributed by atoms with Gasteiger partial charge in [-0.3, -0.25) is 0 Å². The largest absolute Gasteiger partial charge is 0.396 e. The Bertz CT molecular complexity index is 292. The van der Waals surface area contributed by atoms with E-state index in [1.54, 1.807) is 0 Å². The second kappa shape index (κ2) is 5.64. The molecule has 2 nitrogen and oxygen atoms in total. The van der Waals surface area contributed by atoms with Gasteiger partial charge < -0.3 is 10.4 Å². The topological polar surface area (TPSA) is 32.3 Å². The number of hydrogen-bond acceptors (Lipinski definition) is 3. The first-order valence-electron chi connectivity index (χ1n) is 5.46. The molecule has 1 aromatic rings. The van der Waals surface area contributed by atoms with E-state index in [2.05, 4.69) is 38.2 Å². The summed E-state index contributed by atoms with van der Waals surface area (Å²) in [6, 6.07) is 4.31. The summed E-state index contributed by atoms with van der Waals surface area (Å²) in [7, 11) is 0. The predicted octanol–water partition coefficient (Wildman–Crippen LogP) is 2.55. The molecule has 1 aromatic heterocycles. The van der Waals surface area contributed by atoms with Gasteiger partial charge in [-0.05, 0) is 25.5 Å². The van der Waals surface area contributed by atoms with Crippen LogP contribution in [0.4, 0.5) is 0 Å². The smallest absolute Gasteiger partial charge is 0.0496 e. The molecule has 1 rings (SSSR count). The van der Waals surface area contributed by atoms with E-state index >= 15 is 0 Å². The number of nitrogens with one attached hydrogen (secondary N) is 1. The van der Waals surface area contributed by atoms with Crippen LogP contribution < -0.4 is 5.32 Å². The highest BCUT2D eigenvalue weighted by Gasteiger charge is 2.19. The van der Waals surface area contributed by atoms with Crippen LogP contribution in [0.15, 0.2) is 12.1 Å². The standard InChI is InChI=1S/C12H21NOS/c1-4-12(3,9-14)8-13-7-11-6-5-10(2)15-11/h5-6,13-14H,4,7-9H2,1-3H3. The van der Waals surface area contributed by atoms with Crippen molar-refractivity contribution in [2.45, 2.75) is 33.7 Å². The number of rotatable bonds is 6. The lowest BCUT2D eigenvalue weighted by Crippen LogP contribution is -2.33. The summed E-state index contributed by atoms with van der Waals surface area (Å²) in [6.07, 6.45) is 1.000. The minimum absolute atomic E-state index is 0.0201. The van der Waals surface area contributed by atoms with Crippen molar-refractivity contribution in [3.63, 3.8) is 0 Å². The molecule has 3 heteroatoms. The zero-order chi connectivity index (χ0) is 11.3. The third-order valence-electron chi connectivity index (χ3n) is 2.88. The highest BCUT2D eigenvalue weighted by Crippen LogP contribution is 2.19. The molecule has 2 N–H and O–H groups in total. The van der Waals surface area contributed by atoms with Gasteiger partial charge in [0, 0.05) is 34.9 Å². The monoisotopic (exact) mass is 227 g/mol. The fourth-order valence-corrected chi connectivity index (χ4v) is 2.22. The molecule has 0 aliphatic carbocycles. The molecule has 0 amide bonds. The van der Waals surface area contributed by atoms with Gasteiger partial charge in [-0.2, -0.15) is 0 Å². The average molecular weight is 227 g/mol. The molecule has 1 heterocycles. The highest BCUT2D eigenvalue weighted by atomic mass is 32.1. The molecule has 1 unspecified atom stereocenters. The number of hydrogen-bond donors (Lipinski definition) is 2. The zero-order valence-electron chi connectivity index (χ0n) is 9.84. The van der Waals surface area contributed by atoms with Crippen molar-refractivity contribution in [3.05, 3.63) is 21.9 Å². The molecular weight excluding hydrogens is 206 g/mol. The van der Waals surface area contributed by atoms with E-state index in [1.807, 2.05) is 11.3 Å². The van der Waals surface area contributed by atoms with E-state index in [9.17, 15) is 5.11 Å². The Morgan fingerprint density at radius 3 is 2.67 bits per heavy atom. The van der Waals surface area contributed by atoms with Gasteiger partial charge in [0.25, 0.3) is 0 Å². The van der Waals surface area contributed by atoms with Crippen molar-refractivity contribution in [2.75, 3.05) is 13.2 Å². The lowest BCUT2D eigenvalue weighted by Gasteiger charge is -2.25. The Balaban J connectivity index is 2.32. The van der Waals surface area contributed by atoms with Crippen molar-refractivity contribution in [1.29, 1.82) is 0 Å². The quantitative estimate of drug-likeness (QED) is 0.783. The average Bonchev–Trinajstić information content (AvgIpc) is 2.64. The van der Waals surface area contributed by atoms with Crippen LogP contribution in [0.3, 0.4) is 0 Å². The highest BCUT2D eigenvalue weighted by molar-refractivity contribution is 7.11. The Morgan fingerprint density at radius 2 is 2.20 bits per heavy atom. The van der Waals surface area contributed by atoms with Crippen molar-refractivity contribution >= 4 is 11.3 Å². The first-order chi connectivity index (χ1) is 7.09. The van der Waals surface area contributed by atoms with Gasteiger partial charge in [-0.1, -0.05) is 13.8 Å². The van der Waals surface area contributed by atoms with Gasteiger partial charge in [0.15, 0.2) is 0 Å². The third-order valence-corrected chi connectivity index (χ3v) is 3.88. The maximum Gasteiger partial charge on any atom is 0.0496 e. The second-order valence-corrected chi connectivity index (χ2v) is 5.81. The third kappa shape index (κ3) is 3.93. The van der Waals surface area contributed by atoms with Gasteiger partial charge in [-0.25, -0.2) is 0 Å². The Morgan fingerprint density at radius 1 is 1.47 bits per heavy atom. The number of thiophene rings is 1.